The van der Waals surface area contributed by atoms with Crippen molar-refractivity contribution in [3.63, 3.8) is 0 Å². The molecule has 2 aliphatic heterocycles. The molecule has 14 heteroatoms. The van der Waals surface area contributed by atoms with Crippen LogP contribution in [0.5, 0.6) is 0 Å². The van der Waals surface area contributed by atoms with Crippen molar-refractivity contribution in [2.75, 3.05) is 13.1 Å². The lowest BCUT2D eigenvalue weighted by molar-refractivity contribution is -0.146. The number of alkyl halides is 6. The molecule has 2 heterocycles. The Balaban J connectivity index is 0.000000224. The van der Waals surface area contributed by atoms with Crippen molar-refractivity contribution < 1.29 is 45.5 Å². The molecule has 57 heavy (non-hydrogen) atoms. The molecule has 2 aliphatic carbocycles. The largest absolute Gasteiger partial charge is 0.444 e. The molecule has 0 spiro atoms. The van der Waals surface area contributed by atoms with E-state index in [1.165, 1.54) is 18.2 Å². The van der Waals surface area contributed by atoms with E-state index in [1.54, 1.807) is 36.6 Å². The molecule has 316 valence electrons. The summed E-state index contributed by atoms with van der Waals surface area (Å²) in [5.74, 6) is 0.211. The molecule has 3 N–H and O–H groups in total. The van der Waals surface area contributed by atoms with Gasteiger partial charge in [0.25, 0.3) is 0 Å². The number of fused-ring (bicyclic) bond motifs is 2. The van der Waals surface area contributed by atoms with Gasteiger partial charge in [0, 0.05) is 38.3 Å². The number of ether oxygens (including phenoxy) is 1. The van der Waals surface area contributed by atoms with Gasteiger partial charge in [0.15, 0.2) is 0 Å². The minimum Gasteiger partial charge on any atom is -0.444 e. The van der Waals surface area contributed by atoms with Gasteiger partial charge in [-0.1, -0.05) is 39.8 Å². The van der Waals surface area contributed by atoms with Gasteiger partial charge < -0.3 is 25.6 Å². The van der Waals surface area contributed by atoms with E-state index >= 15 is 0 Å². The molecule has 8 nitrogen and oxygen atoms in total. The summed E-state index contributed by atoms with van der Waals surface area (Å²) in [4.78, 5) is 42.6. The van der Waals surface area contributed by atoms with Gasteiger partial charge in [-0.2, -0.15) is 26.3 Å². The third-order valence-corrected chi connectivity index (χ3v) is 12.6. The van der Waals surface area contributed by atoms with Gasteiger partial charge in [0.1, 0.15) is 5.60 Å². The summed E-state index contributed by atoms with van der Waals surface area (Å²) in [6.45, 7) is 14.9. The second kappa shape index (κ2) is 16.4. The molecule has 4 atom stereocenters. The number of halogens is 6. The summed E-state index contributed by atoms with van der Waals surface area (Å²) in [5.41, 5.74) is 5.91. The summed E-state index contributed by atoms with van der Waals surface area (Å²) in [6, 6.07) is 7.51. The summed E-state index contributed by atoms with van der Waals surface area (Å²) in [6.07, 6.45) is -4.12. The van der Waals surface area contributed by atoms with E-state index in [0.29, 0.717) is 62.7 Å². The summed E-state index contributed by atoms with van der Waals surface area (Å²) >= 11 is 0. The van der Waals surface area contributed by atoms with Gasteiger partial charge >= 0.3 is 18.4 Å². The lowest BCUT2D eigenvalue weighted by Gasteiger charge is -2.39. The number of carbonyl (C=O) groups is 3. The highest BCUT2D eigenvalue weighted by Gasteiger charge is 2.51. The Hall–Kier alpha value is -3.81. The van der Waals surface area contributed by atoms with Crippen molar-refractivity contribution in [2.45, 2.75) is 143 Å². The topological polar surface area (TPSA) is 105 Å². The average molecular weight is 809 g/mol. The highest BCUT2D eigenvalue weighted by Crippen LogP contribution is 2.48. The number of hydrogen-bond donors (Lipinski definition) is 2. The number of hydrogen-bond acceptors (Lipinski definition) is 5. The predicted octanol–water partition coefficient (Wildman–Crippen LogP) is 9.05. The zero-order chi connectivity index (χ0) is 42.3. The third-order valence-electron chi connectivity index (χ3n) is 12.6. The molecule has 2 aromatic carbocycles. The van der Waals surface area contributed by atoms with Gasteiger partial charge in [-0.25, -0.2) is 4.79 Å². The van der Waals surface area contributed by atoms with Crippen molar-refractivity contribution in [1.29, 1.82) is 0 Å². The van der Waals surface area contributed by atoms with Crippen LogP contribution in [0.4, 0.5) is 31.1 Å². The molecule has 2 saturated carbocycles. The zero-order valence-electron chi connectivity index (χ0n) is 34.1. The number of benzene rings is 2. The number of carbonyl (C=O) groups excluding carboxylic acids is 3. The Labute approximate surface area is 332 Å². The maximum absolute atomic E-state index is 13.7. The normalized spacial score (nSPS) is 25.1. The van der Waals surface area contributed by atoms with E-state index in [0.717, 1.165) is 36.1 Å². The van der Waals surface area contributed by atoms with E-state index in [-0.39, 0.29) is 48.8 Å². The number of amides is 3. The molecule has 0 radical (unpaired) electrons. The SMILES string of the molecule is CC(C)[C@]1(C(=O)N2CCc3ccc(C(F)(F)F)cc3C2)CC[C@@H](N)C1.CC(C)[C@]1(C(=O)N2CCc3ccc(C(F)(F)F)cc3C2)CC[C@@H](NC(=O)OC(C)(C)C)C1. The van der Waals surface area contributed by atoms with Gasteiger partial charge in [-0.3, -0.25) is 9.59 Å². The molecule has 4 aliphatic rings. The standard InChI is InChI=1S/C24H33F3N2O3.C19H25F3N2O/c1-15(2)23(10-8-19(13-23)28-21(31)32-22(3,4)5)20(30)29-11-9-16-6-7-18(24(25,26)27)12-17(16)14-29;1-12(2)18(7-5-16(23)10-18)17(25)24-8-6-13-3-4-15(19(20,21)22)9-14(13)11-24/h6-7,12,15,19H,8-11,13-14H2,1-5H3,(H,28,31);3-4,9,12,16H,5-8,10-11,23H2,1-2H3/t19-,23+;16-,18+/m11/s1. The van der Waals surface area contributed by atoms with Crippen LogP contribution >= 0.6 is 0 Å². The van der Waals surface area contributed by atoms with E-state index in [2.05, 4.69) is 5.32 Å². The van der Waals surface area contributed by atoms with Crippen LogP contribution in [0.25, 0.3) is 0 Å². The van der Waals surface area contributed by atoms with E-state index in [9.17, 15) is 40.7 Å². The average Bonchev–Trinajstić information content (AvgIpc) is 3.74. The van der Waals surface area contributed by atoms with Gasteiger partial charge in [0.05, 0.1) is 22.0 Å². The van der Waals surface area contributed by atoms with Crippen LogP contribution in [0.2, 0.25) is 0 Å². The molecular weight excluding hydrogens is 750 g/mol. The minimum atomic E-state index is -4.41. The monoisotopic (exact) mass is 808 g/mol. The first-order valence-corrected chi connectivity index (χ1v) is 20.1. The fourth-order valence-electron chi connectivity index (χ4n) is 9.16. The van der Waals surface area contributed by atoms with Gasteiger partial charge in [-0.15, -0.1) is 0 Å². The van der Waals surface area contributed by atoms with Crippen LogP contribution < -0.4 is 11.1 Å². The lowest BCUT2D eigenvalue weighted by atomic mass is 9.74. The predicted molar refractivity (Wildman–Crippen MR) is 205 cm³/mol. The fraction of sp³-hybridized carbons (Fsp3) is 0.651. The summed E-state index contributed by atoms with van der Waals surface area (Å²) < 4.78 is 83.7. The quantitative estimate of drug-likeness (QED) is 0.294. The number of rotatable bonds is 5. The Morgan fingerprint density at radius 1 is 0.719 bits per heavy atom. The van der Waals surface area contributed by atoms with Crippen LogP contribution in [0.15, 0.2) is 36.4 Å². The lowest BCUT2D eigenvalue weighted by Crippen LogP contribution is -2.48. The molecule has 2 fully saturated rings. The first-order chi connectivity index (χ1) is 26.3. The molecular formula is C43H58F6N4O4. The van der Waals surface area contributed by atoms with E-state index in [4.69, 9.17) is 10.5 Å². The zero-order valence-corrected chi connectivity index (χ0v) is 34.1. The molecule has 0 unspecified atom stereocenters. The van der Waals surface area contributed by atoms with E-state index < -0.39 is 46.0 Å². The number of alkyl carbamates (subject to hydrolysis) is 1. The smallest absolute Gasteiger partial charge is 0.416 e. The highest BCUT2D eigenvalue weighted by molar-refractivity contribution is 5.84. The number of nitrogens with two attached hydrogens (primary N) is 1. The van der Waals surface area contributed by atoms with E-state index in [1.807, 2.05) is 27.7 Å². The fourth-order valence-corrected chi connectivity index (χ4v) is 9.16. The second-order valence-corrected chi connectivity index (χ2v) is 18.1. The Morgan fingerprint density at radius 3 is 1.54 bits per heavy atom. The van der Waals surface area contributed by atoms with Crippen molar-refractivity contribution in [1.82, 2.24) is 15.1 Å². The van der Waals surface area contributed by atoms with Crippen LogP contribution in [0.1, 0.15) is 120 Å². The minimum absolute atomic E-state index is 0.0280. The van der Waals surface area contributed by atoms with Crippen molar-refractivity contribution in [3.8, 4) is 0 Å². The van der Waals surface area contributed by atoms with Crippen LogP contribution in [-0.2, 0) is 52.6 Å². The van der Waals surface area contributed by atoms with Crippen molar-refractivity contribution in [3.05, 3.63) is 69.8 Å². The Morgan fingerprint density at radius 2 is 1.16 bits per heavy atom. The van der Waals surface area contributed by atoms with Crippen LogP contribution in [-0.4, -0.2) is 58.5 Å². The molecule has 0 bridgehead atoms. The summed E-state index contributed by atoms with van der Waals surface area (Å²) in [7, 11) is 0. The second-order valence-electron chi connectivity index (χ2n) is 18.1. The third kappa shape index (κ3) is 9.91. The first kappa shape index (κ1) is 44.3. The molecule has 2 aromatic rings. The number of nitrogens with zero attached hydrogens (tertiary/aromatic N) is 2. The first-order valence-electron chi connectivity index (χ1n) is 20.1. The van der Waals surface area contributed by atoms with Gasteiger partial charge in [-0.05, 0) is 130 Å². The highest BCUT2D eigenvalue weighted by atomic mass is 19.4. The Kier molecular flexibility index (Phi) is 12.8. The van der Waals surface area contributed by atoms with Crippen molar-refractivity contribution in [2.24, 2.45) is 28.4 Å². The number of nitrogens with one attached hydrogen (secondary N) is 1. The summed E-state index contributed by atoms with van der Waals surface area (Å²) in [5, 5.41) is 2.89. The Bertz CT molecular complexity index is 1800. The van der Waals surface area contributed by atoms with Gasteiger partial charge in [0.2, 0.25) is 11.8 Å². The van der Waals surface area contributed by atoms with Crippen molar-refractivity contribution >= 4 is 17.9 Å². The molecule has 0 aromatic heterocycles. The molecule has 3 amide bonds. The van der Waals surface area contributed by atoms with Crippen LogP contribution in [0.3, 0.4) is 0 Å². The maximum atomic E-state index is 13.7. The maximum Gasteiger partial charge on any atom is 0.416 e. The molecule has 6 rings (SSSR count). The molecule has 0 saturated heterocycles. The van der Waals surface area contributed by atoms with Crippen LogP contribution in [0, 0.1) is 22.7 Å².